The van der Waals surface area contributed by atoms with E-state index in [1.807, 2.05) is 41.1 Å². The molecule has 0 aliphatic heterocycles. The monoisotopic (exact) mass is 443 g/mol. The fourth-order valence-corrected chi connectivity index (χ4v) is 3.77. The number of ether oxygens (including phenoxy) is 1. The predicted molar refractivity (Wildman–Crippen MR) is 124 cm³/mol. The molecule has 1 aliphatic rings. The summed E-state index contributed by atoms with van der Waals surface area (Å²) in [6.07, 6.45) is 6.61. The molecular weight excluding hydrogens is 418 g/mol. The van der Waals surface area contributed by atoms with E-state index in [1.54, 1.807) is 6.20 Å². The second-order valence-corrected chi connectivity index (χ2v) is 8.43. The lowest BCUT2D eigenvalue weighted by atomic mass is 10.1. The van der Waals surface area contributed by atoms with Gasteiger partial charge < -0.3 is 4.74 Å². The lowest BCUT2D eigenvalue weighted by Crippen LogP contribution is -2.28. The highest BCUT2D eigenvalue weighted by atomic mass is 16.5. The Balaban J connectivity index is 1.28. The van der Waals surface area contributed by atoms with Gasteiger partial charge in [-0.1, -0.05) is 35.5 Å². The number of nitrogens with zero attached hydrogens (tertiary/aromatic N) is 4. The topological polar surface area (TPSA) is 94.8 Å². The number of H-pyrrole nitrogens is 1. The first-order chi connectivity index (χ1) is 16.1. The largest absolute Gasteiger partial charge is 0.493 e. The molecule has 1 fully saturated rings. The highest BCUT2D eigenvalue weighted by Crippen LogP contribution is 2.29. The van der Waals surface area contributed by atoms with Crippen LogP contribution in [0.3, 0.4) is 0 Å². The second-order valence-electron chi connectivity index (χ2n) is 8.43. The molecule has 5 rings (SSSR count). The molecule has 0 unspecified atom stereocenters. The van der Waals surface area contributed by atoms with E-state index in [1.165, 1.54) is 35.2 Å². The van der Waals surface area contributed by atoms with Crippen LogP contribution >= 0.6 is 0 Å². The Morgan fingerprint density at radius 3 is 2.73 bits per heavy atom. The maximum atomic E-state index is 12.0. The van der Waals surface area contributed by atoms with Gasteiger partial charge in [-0.25, -0.2) is 9.48 Å². The van der Waals surface area contributed by atoms with E-state index in [0.29, 0.717) is 13.1 Å². The van der Waals surface area contributed by atoms with E-state index in [4.69, 9.17) is 4.74 Å². The van der Waals surface area contributed by atoms with E-state index in [2.05, 4.69) is 27.4 Å². The average molecular weight is 444 g/mol. The molecule has 1 saturated carbocycles. The Labute approximate surface area is 190 Å². The number of nitrogens with one attached hydrogen (secondary N) is 1. The SMILES string of the molecule is O=c1ccn(Cc2cccc(-c3cnnn3CCc3cccc(OCC4CC4)c3)c2)c(=O)[nH]1. The third-order valence-corrected chi connectivity index (χ3v) is 5.78. The molecule has 1 aliphatic carbocycles. The molecule has 8 nitrogen and oxygen atoms in total. The van der Waals surface area contributed by atoms with Crippen LogP contribution in [0.15, 0.2) is 76.6 Å². The van der Waals surface area contributed by atoms with Gasteiger partial charge in [0.15, 0.2) is 0 Å². The summed E-state index contributed by atoms with van der Waals surface area (Å²) in [5, 5.41) is 8.39. The summed E-state index contributed by atoms with van der Waals surface area (Å²) >= 11 is 0. The number of hydrogen-bond acceptors (Lipinski definition) is 5. The molecule has 168 valence electrons. The summed E-state index contributed by atoms with van der Waals surface area (Å²) in [4.78, 5) is 25.6. The van der Waals surface area contributed by atoms with Crippen molar-refractivity contribution in [1.82, 2.24) is 24.5 Å². The summed E-state index contributed by atoms with van der Waals surface area (Å²) in [5.74, 6) is 1.65. The van der Waals surface area contributed by atoms with Crippen LogP contribution in [0.4, 0.5) is 0 Å². The fraction of sp³-hybridized carbons (Fsp3) is 0.280. The number of rotatable bonds is 9. The summed E-state index contributed by atoms with van der Waals surface area (Å²) in [6.45, 7) is 1.85. The third-order valence-electron chi connectivity index (χ3n) is 5.78. The van der Waals surface area contributed by atoms with Crippen molar-refractivity contribution in [3.63, 3.8) is 0 Å². The molecule has 2 heterocycles. The van der Waals surface area contributed by atoms with E-state index in [9.17, 15) is 9.59 Å². The maximum Gasteiger partial charge on any atom is 0.328 e. The van der Waals surface area contributed by atoms with E-state index in [0.717, 1.165) is 41.5 Å². The van der Waals surface area contributed by atoms with Gasteiger partial charge in [0.1, 0.15) is 5.75 Å². The van der Waals surface area contributed by atoms with Crippen molar-refractivity contribution in [3.05, 3.63) is 99.0 Å². The van der Waals surface area contributed by atoms with Crippen molar-refractivity contribution >= 4 is 0 Å². The van der Waals surface area contributed by atoms with Gasteiger partial charge in [-0.2, -0.15) is 0 Å². The molecular formula is C25H25N5O3. The first kappa shape index (κ1) is 20.9. The van der Waals surface area contributed by atoms with Crippen LogP contribution < -0.4 is 16.0 Å². The van der Waals surface area contributed by atoms with E-state index in [-0.39, 0.29) is 0 Å². The van der Waals surface area contributed by atoms with Gasteiger partial charge in [-0.15, -0.1) is 5.10 Å². The number of aryl methyl sites for hydroxylation is 2. The molecule has 0 amide bonds. The molecule has 4 aromatic rings. The molecule has 0 bridgehead atoms. The van der Waals surface area contributed by atoms with Crippen LogP contribution in [0.2, 0.25) is 0 Å². The lowest BCUT2D eigenvalue weighted by molar-refractivity contribution is 0.299. The first-order valence-electron chi connectivity index (χ1n) is 11.1. The van der Waals surface area contributed by atoms with Gasteiger partial charge in [-0.05, 0) is 54.5 Å². The molecule has 8 heteroatoms. The third kappa shape index (κ3) is 5.28. The highest BCUT2D eigenvalue weighted by molar-refractivity contribution is 5.59. The Morgan fingerprint density at radius 1 is 1.03 bits per heavy atom. The van der Waals surface area contributed by atoms with Crippen LogP contribution in [0.5, 0.6) is 5.75 Å². The van der Waals surface area contributed by atoms with Gasteiger partial charge in [-0.3, -0.25) is 14.3 Å². The number of benzene rings is 2. The Kier molecular flexibility index (Phi) is 5.89. The minimum absolute atomic E-state index is 0.360. The summed E-state index contributed by atoms with van der Waals surface area (Å²) in [5.41, 5.74) is 3.18. The van der Waals surface area contributed by atoms with Crippen molar-refractivity contribution in [1.29, 1.82) is 0 Å². The van der Waals surface area contributed by atoms with E-state index >= 15 is 0 Å². The molecule has 0 saturated heterocycles. The van der Waals surface area contributed by atoms with Gasteiger partial charge in [0.2, 0.25) is 0 Å². The lowest BCUT2D eigenvalue weighted by Gasteiger charge is -2.10. The summed E-state index contributed by atoms with van der Waals surface area (Å²) in [6, 6.07) is 17.5. The predicted octanol–water partition coefficient (Wildman–Crippen LogP) is 2.87. The molecule has 2 aromatic heterocycles. The Hall–Kier alpha value is -3.94. The Morgan fingerprint density at radius 2 is 1.88 bits per heavy atom. The zero-order valence-electron chi connectivity index (χ0n) is 18.2. The van der Waals surface area contributed by atoms with Crippen molar-refractivity contribution in [2.24, 2.45) is 5.92 Å². The standard InChI is InChI=1S/C25H25N5O3/c31-24-10-11-29(25(32)27-24)16-20-4-1-5-21(13-20)23-15-26-28-30(23)12-9-18-3-2-6-22(14-18)33-17-19-7-8-19/h1-6,10-11,13-15,19H,7-9,12,16-17H2,(H,27,31,32). The van der Waals surface area contributed by atoms with Gasteiger partial charge in [0.05, 0.1) is 25.0 Å². The van der Waals surface area contributed by atoms with Gasteiger partial charge >= 0.3 is 5.69 Å². The minimum atomic E-state index is -0.428. The minimum Gasteiger partial charge on any atom is -0.493 e. The second kappa shape index (κ2) is 9.28. The quantitative estimate of drug-likeness (QED) is 0.429. The van der Waals surface area contributed by atoms with Crippen molar-refractivity contribution < 1.29 is 4.74 Å². The van der Waals surface area contributed by atoms with Crippen LogP contribution in [0.25, 0.3) is 11.3 Å². The van der Waals surface area contributed by atoms with Crippen molar-refractivity contribution in [2.45, 2.75) is 32.4 Å². The molecule has 0 radical (unpaired) electrons. The zero-order chi connectivity index (χ0) is 22.6. The van der Waals surface area contributed by atoms with E-state index < -0.39 is 11.2 Å². The van der Waals surface area contributed by atoms with Gasteiger partial charge in [0.25, 0.3) is 5.56 Å². The normalized spacial score (nSPS) is 13.2. The van der Waals surface area contributed by atoms with Crippen molar-refractivity contribution in [2.75, 3.05) is 6.61 Å². The maximum absolute atomic E-state index is 12.0. The fourth-order valence-electron chi connectivity index (χ4n) is 3.77. The molecule has 2 aromatic carbocycles. The number of hydrogen-bond donors (Lipinski definition) is 1. The summed E-state index contributed by atoms with van der Waals surface area (Å²) in [7, 11) is 0. The average Bonchev–Trinajstić information content (AvgIpc) is 3.54. The van der Waals surface area contributed by atoms with Crippen LogP contribution in [-0.2, 0) is 19.5 Å². The van der Waals surface area contributed by atoms with Gasteiger partial charge in [0, 0.05) is 24.4 Å². The number of aromatic nitrogens is 5. The van der Waals surface area contributed by atoms with Crippen LogP contribution in [0, 0.1) is 5.92 Å². The van der Waals surface area contributed by atoms with Crippen molar-refractivity contribution in [3.8, 4) is 17.0 Å². The Bertz CT molecular complexity index is 1370. The molecule has 33 heavy (non-hydrogen) atoms. The molecule has 0 atom stereocenters. The van der Waals surface area contributed by atoms with Crippen LogP contribution in [0.1, 0.15) is 24.0 Å². The smallest absolute Gasteiger partial charge is 0.328 e. The molecule has 1 N–H and O–H groups in total. The zero-order valence-corrected chi connectivity index (χ0v) is 18.2. The summed E-state index contributed by atoms with van der Waals surface area (Å²) < 4.78 is 9.26. The highest BCUT2D eigenvalue weighted by Gasteiger charge is 2.21. The first-order valence-corrected chi connectivity index (χ1v) is 11.1. The molecule has 0 spiro atoms. The number of aromatic amines is 1. The van der Waals surface area contributed by atoms with Crippen LogP contribution in [-0.4, -0.2) is 31.2 Å².